The molecule has 4 rings (SSSR count). The van der Waals surface area contributed by atoms with Crippen molar-refractivity contribution in [3.05, 3.63) is 60.3 Å². The van der Waals surface area contributed by atoms with Crippen molar-refractivity contribution in [2.24, 2.45) is 0 Å². The summed E-state index contributed by atoms with van der Waals surface area (Å²) in [5, 5.41) is 9.71. The van der Waals surface area contributed by atoms with Crippen LogP contribution in [0.15, 0.2) is 64.8 Å². The molecular weight excluding hydrogens is 310 g/mol. The Hall–Kier alpha value is -3.06. The van der Waals surface area contributed by atoms with Crippen LogP contribution < -0.4 is 5.32 Å². The van der Waals surface area contributed by atoms with Gasteiger partial charge in [0.15, 0.2) is 5.82 Å². The molecule has 0 aliphatic heterocycles. The van der Waals surface area contributed by atoms with Crippen molar-refractivity contribution in [3.63, 3.8) is 0 Å². The monoisotopic (exact) mass is 321 g/mol. The van der Waals surface area contributed by atoms with E-state index in [9.17, 15) is 0 Å². The first kappa shape index (κ1) is 13.6. The minimum atomic E-state index is 0.450. The number of thiazole rings is 1. The quantitative estimate of drug-likeness (QED) is 0.612. The van der Waals surface area contributed by atoms with Gasteiger partial charge in [-0.2, -0.15) is 0 Å². The summed E-state index contributed by atoms with van der Waals surface area (Å²) in [4.78, 5) is 13.3. The van der Waals surface area contributed by atoms with E-state index in [4.69, 9.17) is 4.52 Å². The van der Waals surface area contributed by atoms with Gasteiger partial charge in [-0.25, -0.2) is 15.0 Å². The highest BCUT2D eigenvalue weighted by Crippen LogP contribution is 2.28. The predicted octanol–water partition coefficient (Wildman–Crippen LogP) is 4.00. The Kier molecular flexibility index (Phi) is 3.53. The zero-order valence-electron chi connectivity index (χ0n) is 11.9. The number of hydrogen-bond acceptors (Lipinski definition) is 7. The Morgan fingerprint density at radius 1 is 0.957 bits per heavy atom. The van der Waals surface area contributed by atoms with E-state index in [1.807, 2.05) is 41.8 Å². The SMILES string of the molecule is c1ccc(-c2nc(-c3ccnc(Nc4ccon4)n3)cs2)cc1. The highest BCUT2D eigenvalue weighted by atomic mass is 32.1. The van der Waals surface area contributed by atoms with Gasteiger partial charge in [0.25, 0.3) is 0 Å². The van der Waals surface area contributed by atoms with Crippen LogP contribution in [0.3, 0.4) is 0 Å². The van der Waals surface area contributed by atoms with Gasteiger partial charge in [0.2, 0.25) is 5.95 Å². The van der Waals surface area contributed by atoms with Gasteiger partial charge in [0, 0.05) is 23.2 Å². The molecule has 3 heterocycles. The van der Waals surface area contributed by atoms with Crippen molar-refractivity contribution in [2.75, 3.05) is 5.32 Å². The number of rotatable bonds is 4. The molecule has 1 N–H and O–H groups in total. The highest BCUT2D eigenvalue weighted by Gasteiger charge is 2.09. The second kappa shape index (κ2) is 5.98. The molecule has 0 aliphatic rings. The Labute approximate surface area is 135 Å². The molecule has 1 aromatic carbocycles. The van der Waals surface area contributed by atoms with E-state index in [-0.39, 0.29) is 0 Å². The summed E-state index contributed by atoms with van der Waals surface area (Å²) in [7, 11) is 0. The molecule has 0 fully saturated rings. The maximum atomic E-state index is 4.78. The molecule has 0 saturated carbocycles. The minimum Gasteiger partial charge on any atom is -0.363 e. The molecule has 4 aromatic rings. The highest BCUT2D eigenvalue weighted by molar-refractivity contribution is 7.13. The minimum absolute atomic E-state index is 0.450. The van der Waals surface area contributed by atoms with E-state index >= 15 is 0 Å². The Bertz CT molecular complexity index is 905. The average Bonchev–Trinajstić information content (AvgIpc) is 3.28. The van der Waals surface area contributed by atoms with Gasteiger partial charge in [0.1, 0.15) is 17.0 Å². The topological polar surface area (TPSA) is 76.7 Å². The van der Waals surface area contributed by atoms with Gasteiger partial charge in [-0.05, 0) is 6.07 Å². The summed E-state index contributed by atoms with van der Waals surface area (Å²) in [5.41, 5.74) is 2.67. The lowest BCUT2D eigenvalue weighted by Gasteiger charge is -2.01. The third kappa shape index (κ3) is 2.95. The van der Waals surface area contributed by atoms with Crippen LogP contribution in [0.25, 0.3) is 22.0 Å². The third-order valence-corrected chi connectivity index (χ3v) is 4.01. The molecule has 7 heteroatoms. The zero-order chi connectivity index (χ0) is 15.5. The van der Waals surface area contributed by atoms with Gasteiger partial charge in [0.05, 0.1) is 5.69 Å². The van der Waals surface area contributed by atoms with Crippen LogP contribution in [0, 0.1) is 0 Å². The molecule has 3 aromatic heterocycles. The predicted molar refractivity (Wildman–Crippen MR) is 88.4 cm³/mol. The lowest BCUT2D eigenvalue weighted by Crippen LogP contribution is -1.98. The van der Waals surface area contributed by atoms with Crippen molar-refractivity contribution < 1.29 is 4.52 Å². The number of anilines is 2. The zero-order valence-corrected chi connectivity index (χ0v) is 12.7. The molecule has 0 aliphatic carbocycles. The number of hydrogen-bond donors (Lipinski definition) is 1. The van der Waals surface area contributed by atoms with Crippen molar-refractivity contribution >= 4 is 23.1 Å². The second-order valence-corrected chi connectivity index (χ2v) is 5.54. The van der Waals surface area contributed by atoms with Gasteiger partial charge in [-0.1, -0.05) is 35.5 Å². The molecule has 0 saturated heterocycles. The molecule has 0 spiro atoms. The van der Waals surface area contributed by atoms with Crippen LogP contribution in [0.1, 0.15) is 0 Å². The summed E-state index contributed by atoms with van der Waals surface area (Å²) in [6, 6.07) is 13.6. The first-order chi connectivity index (χ1) is 11.4. The smallest absolute Gasteiger partial charge is 0.229 e. The molecule has 0 amide bonds. The number of benzene rings is 1. The second-order valence-electron chi connectivity index (χ2n) is 4.68. The van der Waals surface area contributed by atoms with Crippen LogP contribution in [0.5, 0.6) is 0 Å². The first-order valence-electron chi connectivity index (χ1n) is 6.90. The van der Waals surface area contributed by atoms with Gasteiger partial charge in [-0.15, -0.1) is 11.3 Å². The normalized spacial score (nSPS) is 10.6. The molecule has 0 bridgehead atoms. The molecule has 6 nitrogen and oxygen atoms in total. The van der Waals surface area contributed by atoms with Crippen LogP contribution in [0.2, 0.25) is 0 Å². The fourth-order valence-electron chi connectivity index (χ4n) is 2.06. The Morgan fingerprint density at radius 3 is 2.70 bits per heavy atom. The molecule has 23 heavy (non-hydrogen) atoms. The number of nitrogens with zero attached hydrogens (tertiary/aromatic N) is 4. The summed E-state index contributed by atoms with van der Waals surface area (Å²) in [6.45, 7) is 0. The lowest BCUT2D eigenvalue weighted by molar-refractivity contribution is 0.423. The number of aromatic nitrogens is 4. The average molecular weight is 321 g/mol. The van der Waals surface area contributed by atoms with Crippen molar-refractivity contribution in [3.8, 4) is 22.0 Å². The van der Waals surface area contributed by atoms with E-state index in [2.05, 4.69) is 25.4 Å². The molecule has 0 radical (unpaired) electrons. The summed E-state index contributed by atoms with van der Waals surface area (Å²) in [5.74, 6) is 1.01. The van der Waals surface area contributed by atoms with E-state index in [1.165, 1.54) is 6.26 Å². The maximum Gasteiger partial charge on any atom is 0.229 e. The fraction of sp³-hybridized carbons (Fsp3) is 0. The molecular formula is C16H11N5OS. The Morgan fingerprint density at radius 2 is 1.87 bits per heavy atom. The third-order valence-electron chi connectivity index (χ3n) is 3.12. The van der Waals surface area contributed by atoms with E-state index in [1.54, 1.807) is 23.6 Å². The lowest BCUT2D eigenvalue weighted by atomic mass is 10.2. The fourth-order valence-corrected chi connectivity index (χ4v) is 2.88. The van der Waals surface area contributed by atoms with Crippen LogP contribution in [-0.4, -0.2) is 20.1 Å². The van der Waals surface area contributed by atoms with Crippen molar-refractivity contribution in [1.29, 1.82) is 0 Å². The molecule has 0 unspecified atom stereocenters. The summed E-state index contributed by atoms with van der Waals surface area (Å²) < 4.78 is 4.78. The first-order valence-corrected chi connectivity index (χ1v) is 7.78. The molecule has 0 atom stereocenters. The van der Waals surface area contributed by atoms with E-state index in [0.29, 0.717) is 11.8 Å². The van der Waals surface area contributed by atoms with E-state index < -0.39 is 0 Å². The summed E-state index contributed by atoms with van der Waals surface area (Å²) in [6.07, 6.45) is 3.17. The molecule has 112 valence electrons. The van der Waals surface area contributed by atoms with Gasteiger partial charge < -0.3 is 9.84 Å². The summed E-state index contributed by atoms with van der Waals surface area (Å²) >= 11 is 1.59. The largest absolute Gasteiger partial charge is 0.363 e. The van der Waals surface area contributed by atoms with Crippen molar-refractivity contribution in [1.82, 2.24) is 20.1 Å². The van der Waals surface area contributed by atoms with Gasteiger partial charge >= 0.3 is 0 Å². The standard InChI is InChI=1S/C16H11N5OS/c1-2-4-11(5-3-1)15-18-13(10-23-15)12-6-8-17-16(19-12)20-14-7-9-22-21-14/h1-10H,(H,17,19,20,21). The Balaban J connectivity index is 1.62. The van der Waals surface area contributed by atoms with Gasteiger partial charge in [-0.3, -0.25) is 0 Å². The maximum absolute atomic E-state index is 4.78. The van der Waals surface area contributed by atoms with Crippen LogP contribution in [0.4, 0.5) is 11.8 Å². The van der Waals surface area contributed by atoms with Crippen LogP contribution >= 0.6 is 11.3 Å². The van der Waals surface area contributed by atoms with Crippen molar-refractivity contribution in [2.45, 2.75) is 0 Å². The van der Waals surface area contributed by atoms with Crippen LogP contribution in [-0.2, 0) is 0 Å². The van der Waals surface area contributed by atoms with E-state index in [0.717, 1.165) is 22.0 Å². The number of nitrogens with one attached hydrogen (secondary N) is 1.